The van der Waals surface area contributed by atoms with E-state index in [4.69, 9.17) is 0 Å². The van der Waals surface area contributed by atoms with Gasteiger partial charge in [-0.3, -0.25) is 14.5 Å². The number of rotatable bonds is 4. The summed E-state index contributed by atoms with van der Waals surface area (Å²) in [5, 5.41) is 7.81. The molecule has 0 aliphatic heterocycles. The van der Waals surface area contributed by atoms with Gasteiger partial charge in [-0.05, 0) is 30.9 Å². The van der Waals surface area contributed by atoms with E-state index in [1.54, 1.807) is 0 Å². The maximum Gasteiger partial charge on any atom is 0.276 e. The van der Waals surface area contributed by atoms with Gasteiger partial charge in [-0.1, -0.05) is 18.2 Å². The Morgan fingerprint density at radius 3 is 2.91 bits per heavy atom. The average Bonchev–Trinajstić information content (AvgIpc) is 3.30. The van der Waals surface area contributed by atoms with E-state index in [2.05, 4.69) is 15.4 Å². The minimum atomic E-state index is -0.567. The third-order valence-corrected chi connectivity index (χ3v) is 4.02. The molecule has 1 saturated carbocycles. The maximum atomic E-state index is 13.7. The van der Waals surface area contributed by atoms with Crippen molar-refractivity contribution in [3.8, 4) is 0 Å². The topological polar surface area (TPSA) is 59.8 Å². The van der Waals surface area contributed by atoms with E-state index in [1.165, 1.54) is 25.1 Å². The van der Waals surface area contributed by atoms with Crippen LogP contribution in [0.3, 0.4) is 0 Å². The molecule has 6 heteroatoms. The number of nitrogens with one attached hydrogen (secondary N) is 1. The van der Waals surface area contributed by atoms with Crippen LogP contribution in [0.5, 0.6) is 0 Å². The molecule has 0 bridgehead atoms. The molecule has 4 rings (SSSR count). The maximum absolute atomic E-state index is 13.7. The average molecular weight is 310 g/mol. The second-order valence-electron chi connectivity index (χ2n) is 5.80. The number of hydrogen-bond acceptors (Lipinski definition) is 3. The van der Waals surface area contributed by atoms with Gasteiger partial charge in [0.1, 0.15) is 0 Å². The van der Waals surface area contributed by atoms with Crippen molar-refractivity contribution in [1.82, 2.24) is 14.8 Å². The molecular weight excluding hydrogens is 295 g/mol. The summed E-state index contributed by atoms with van der Waals surface area (Å²) < 4.78 is 15.5. The van der Waals surface area contributed by atoms with E-state index in [0.29, 0.717) is 11.6 Å². The fourth-order valence-electron chi connectivity index (χ4n) is 2.64. The highest BCUT2D eigenvalue weighted by Crippen LogP contribution is 2.32. The summed E-state index contributed by atoms with van der Waals surface area (Å²) in [5.74, 6) is -0.338. The molecule has 1 aromatic carbocycles. The highest BCUT2D eigenvalue weighted by molar-refractivity contribution is 6.11. The Bertz CT molecular complexity index is 885. The second kappa shape index (κ2) is 5.46. The zero-order valence-electron chi connectivity index (χ0n) is 12.4. The van der Waals surface area contributed by atoms with Gasteiger partial charge in [-0.25, -0.2) is 4.39 Å². The number of para-hydroxylation sites is 1. The molecule has 3 aromatic rings. The van der Waals surface area contributed by atoms with Crippen LogP contribution in [0.1, 0.15) is 23.3 Å². The predicted molar refractivity (Wildman–Crippen MR) is 84.6 cm³/mol. The van der Waals surface area contributed by atoms with Gasteiger partial charge in [0.15, 0.2) is 11.5 Å². The molecule has 2 aromatic heterocycles. The van der Waals surface area contributed by atoms with Crippen molar-refractivity contribution in [3.63, 3.8) is 0 Å². The quantitative estimate of drug-likeness (QED) is 0.805. The lowest BCUT2D eigenvalue weighted by molar-refractivity contribution is 0.102. The summed E-state index contributed by atoms with van der Waals surface area (Å²) in [4.78, 5) is 16.2. The van der Waals surface area contributed by atoms with Crippen molar-refractivity contribution >= 4 is 22.5 Å². The molecule has 5 nitrogen and oxygen atoms in total. The van der Waals surface area contributed by atoms with Gasteiger partial charge < -0.3 is 5.32 Å². The fourth-order valence-corrected chi connectivity index (χ4v) is 2.64. The number of anilines is 1. The van der Waals surface area contributed by atoms with Crippen molar-refractivity contribution in [3.05, 3.63) is 54.2 Å². The van der Waals surface area contributed by atoms with Crippen molar-refractivity contribution in [2.75, 3.05) is 5.32 Å². The molecule has 1 amide bonds. The number of fused-ring (bicyclic) bond motifs is 1. The summed E-state index contributed by atoms with van der Waals surface area (Å²) in [7, 11) is 0. The first-order valence-corrected chi connectivity index (χ1v) is 7.59. The minimum absolute atomic E-state index is 0.103. The fraction of sp³-hybridized carbons (Fsp3) is 0.235. The molecule has 1 aliphatic carbocycles. The van der Waals surface area contributed by atoms with Gasteiger partial charge in [0.05, 0.1) is 17.4 Å². The zero-order chi connectivity index (χ0) is 15.8. The highest BCUT2D eigenvalue weighted by atomic mass is 19.1. The molecule has 0 unspecified atom stereocenters. The molecule has 116 valence electrons. The third-order valence-electron chi connectivity index (χ3n) is 4.02. The standard InChI is InChI=1S/C17H15FN4O/c18-13-9-19-8-7-14(13)20-17(23)16-12-3-1-2-4-15(12)22(21-16)10-11-5-6-11/h1-4,7-9,11H,5-6,10H2,(H,19,20,23). The van der Waals surface area contributed by atoms with Crippen LogP contribution in [0.2, 0.25) is 0 Å². The third kappa shape index (κ3) is 2.67. The number of nitrogens with zero attached hydrogens (tertiary/aromatic N) is 3. The number of carbonyl (C=O) groups excluding carboxylic acids is 1. The Balaban J connectivity index is 1.70. The lowest BCUT2D eigenvalue weighted by atomic mass is 10.2. The number of carbonyl (C=O) groups is 1. The van der Waals surface area contributed by atoms with Crippen LogP contribution in [-0.2, 0) is 6.54 Å². The first kappa shape index (κ1) is 13.9. The summed E-state index contributed by atoms with van der Waals surface area (Å²) >= 11 is 0. The lowest BCUT2D eigenvalue weighted by Crippen LogP contribution is -2.15. The van der Waals surface area contributed by atoms with Crippen LogP contribution in [0.25, 0.3) is 10.9 Å². The summed E-state index contributed by atoms with van der Waals surface area (Å²) in [6.07, 6.45) is 4.91. The van der Waals surface area contributed by atoms with Gasteiger partial charge in [-0.2, -0.15) is 5.10 Å². The van der Waals surface area contributed by atoms with Crippen LogP contribution >= 0.6 is 0 Å². The van der Waals surface area contributed by atoms with Gasteiger partial charge in [0.25, 0.3) is 5.91 Å². The van der Waals surface area contributed by atoms with Gasteiger partial charge in [-0.15, -0.1) is 0 Å². The molecule has 0 spiro atoms. The number of amides is 1. The second-order valence-corrected chi connectivity index (χ2v) is 5.80. The normalized spacial score (nSPS) is 14.1. The number of pyridine rings is 1. The Morgan fingerprint density at radius 2 is 2.13 bits per heavy atom. The Hall–Kier alpha value is -2.76. The van der Waals surface area contributed by atoms with E-state index in [9.17, 15) is 9.18 Å². The van der Waals surface area contributed by atoms with Crippen LogP contribution in [0.15, 0.2) is 42.7 Å². The van der Waals surface area contributed by atoms with Crippen LogP contribution in [0, 0.1) is 11.7 Å². The molecule has 0 atom stereocenters. The summed E-state index contributed by atoms with van der Waals surface area (Å²) in [6.45, 7) is 0.817. The number of benzene rings is 1. The van der Waals surface area contributed by atoms with Crippen molar-refractivity contribution in [1.29, 1.82) is 0 Å². The Kier molecular flexibility index (Phi) is 3.29. The van der Waals surface area contributed by atoms with Crippen LogP contribution in [-0.4, -0.2) is 20.7 Å². The van der Waals surface area contributed by atoms with E-state index >= 15 is 0 Å². The first-order valence-electron chi connectivity index (χ1n) is 7.59. The van der Waals surface area contributed by atoms with E-state index in [0.717, 1.165) is 23.6 Å². The van der Waals surface area contributed by atoms with Gasteiger partial charge >= 0.3 is 0 Å². The minimum Gasteiger partial charge on any atom is -0.318 e. The largest absolute Gasteiger partial charge is 0.318 e. The highest BCUT2D eigenvalue weighted by Gasteiger charge is 2.25. The van der Waals surface area contributed by atoms with E-state index < -0.39 is 11.7 Å². The van der Waals surface area contributed by atoms with E-state index in [1.807, 2.05) is 28.9 Å². The lowest BCUT2D eigenvalue weighted by Gasteiger charge is -2.04. The van der Waals surface area contributed by atoms with Crippen molar-refractivity contribution < 1.29 is 9.18 Å². The molecule has 1 fully saturated rings. The Morgan fingerprint density at radius 1 is 1.30 bits per heavy atom. The van der Waals surface area contributed by atoms with Crippen LogP contribution in [0.4, 0.5) is 10.1 Å². The van der Waals surface area contributed by atoms with Crippen molar-refractivity contribution in [2.24, 2.45) is 5.92 Å². The Labute approximate surface area is 132 Å². The summed E-state index contributed by atoms with van der Waals surface area (Å²) in [6, 6.07) is 9.04. The summed E-state index contributed by atoms with van der Waals surface area (Å²) in [5.41, 5.74) is 1.35. The smallest absolute Gasteiger partial charge is 0.276 e. The monoisotopic (exact) mass is 310 g/mol. The first-order chi connectivity index (χ1) is 11.2. The van der Waals surface area contributed by atoms with E-state index in [-0.39, 0.29) is 5.69 Å². The number of halogens is 1. The molecule has 23 heavy (non-hydrogen) atoms. The van der Waals surface area contributed by atoms with Gasteiger partial charge in [0.2, 0.25) is 0 Å². The number of aromatic nitrogens is 3. The molecule has 0 radical (unpaired) electrons. The van der Waals surface area contributed by atoms with Crippen LogP contribution < -0.4 is 5.32 Å². The molecular formula is C17H15FN4O. The predicted octanol–water partition coefficient (Wildman–Crippen LogP) is 3.23. The molecule has 0 saturated heterocycles. The zero-order valence-corrected chi connectivity index (χ0v) is 12.4. The van der Waals surface area contributed by atoms with Crippen molar-refractivity contribution in [2.45, 2.75) is 19.4 Å². The molecule has 2 heterocycles. The number of hydrogen-bond donors (Lipinski definition) is 1. The van der Waals surface area contributed by atoms with Gasteiger partial charge in [0, 0.05) is 18.1 Å². The SMILES string of the molecule is O=C(Nc1ccncc1F)c1nn(CC2CC2)c2ccccc12. The molecule has 1 N–H and O–H groups in total. The molecule has 1 aliphatic rings.